The summed E-state index contributed by atoms with van der Waals surface area (Å²) in [6.07, 6.45) is 1.47. The van der Waals surface area contributed by atoms with Crippen molar-refractivity contribution in [3.05, 3.63) is 58.7 Å². The fourth-order valence-electron chi connectivity index (χ4n) is 3.29. The number of benzene rings is 2. The molecule has 2 aromatic carbocycles. The lowest BCUT2D eigenvalue weighted by Crippen LogP contribution is -2.21. The Labute approximate surface area is 155 Å². The third kappa shape index (κ3) is 3.79. The first-order chi connectivity index (χ1) is 12.4. The number of nitrogens with one attached hydrogen (secondary N) is 2. The molecule has 0 radical (unpaired) electrons. The van der Waals surface area contributed by atoms with Crippen LogP contribution >= 0.6 is 0 Å². The van der Waals surface area contributed by atoms with E-state index in [4.69, 9.17) is 0 Å². The van der Waals surface area contributed by atoms with E-state index in [0.717, 1.165) is 40.0 Å². The number of anilines is 2. The average Bonchev–Trinajstić information content (AvgIpc) is 3.41. The highest BCUT2D eigenvalue weighted by atomic mass is 16.2. The van der Waals surface area contributed by atoms with Crippen molar-refractivity contribution >= 4 is 23.2 Å². The Bertz CT molecular complexity index is 857. The van der Waals surface area contributed by atoms with Crippen LogP contribution in [-0.2, 0) is 16.0 Å². The van der Waals surface area contributed by atoms with Crippen molar-refractivity contribution in [3.63, 3.8) is 0 Å². The van der Waals surface area contributed by atoms with Gasteiger partial charge in [0.1, 0.15) is 0 Å². The van der Waals surface area contributed by atoms with Gasteiger partial charge in [-0.25, -0.2) is 0 Å². The minimum absolute atomic E-state index is 0.0601. The van der Waals surface area contributed by atoms with E-state index in [9.17, 15) is 9.59 Å². The Morgan fingerprint density at radius 2 is 1.65 bits per heavy atom. The first kappa shape index (κ1) is 18.2. The van der Waals surface area contributed by atoms with Gasteiger partial charge in [0.15, 0.2) is 0 Å². The molecule has 1 saturated carbocycles. The Morgan fingerprint density at radius 1 is 0.962 bits per heavy atom. The molecule has 3 rings (SSSR count). The topological polar surface area (TPSA) is 58.2 Å². The lowest BCUT2D eigenvalue weighted by Gasteiger charge is -2.13. The van der Waals surface area contributed by atoms with Gasteiger partial charge in [0.2, 0.25) is 11.8 Å². The molecule has 2 aromatic rings. The predicted octanol–water partition coefficient (Wildman–Crippen LogP) is 4.39. The van der Waals surface area contributed by atoms with Crippen molar-refractivity contribution in [3.8, 4) is 0 Å². The van der Waals surface area contributed by atoms with E-state index in [1.807, 2.05) is 57.2 Å². The molecule has 2 amide bonds. The van der Waals surface area contributed by atoms with E-state index < -0.39 is 0 Å². The van der Waals surface area contributed by atoms with E-state index in [2.05, 4.69) is 17.6 Å². The number of amides is 2. The largest absolute Gasteiger partial charge is 0.326 e. The zero-order valence-corrected chi connectivity index (χ0v) is 15.8. The van der Waals surface area contributed by atoms with Crippen LogP contribution in [0, 0.1) is 32.6 Å². The molecule has 0 heterocycles. The molecule has 1 aliphatic rings. The molecule has 0 aliphatic heterocycles. The van der Waals surface area contributed by atoms with E-state index in [1.54, 1.807) is 0 Å². The number of carbonyl (C=O) groups is 2. The van der Waals surface area contributed by atoms with Crippen molar-refractivity contribution in [1.82, 2.24) is 0 Å². The third-order valence-electron chi connectivity index (χ3n) is 5.10. The summed E-state index contributed by atoms with van der Waals surface area (Å²) < 4.78 is 0. The molecule has 136 valence electrons. The van der Waals surface area contributed by atoms with Gasteiger partial charge < -0.3 is 10.6 Å². The molecule has 26 heavy (non-hydrogen) atoms. The lowest BCUT2D eigenvalue weighted by molar-refractivity contribution is -0.122. The minimum Gasteiger partial charge on any atom is -0.326 e. The second kappa shape index (κ2) is 7.32. The smallest absolute Gasteiger partial charge is 0.228 e. The fourth-order valence-corrected chi connectivity index (χ4v) is 3.29. The zero-order valence-electron chi connectivity index (χ0n) is 15.8. The number of aryl methyl sites for hydroxylation is 4. The molecule has 0 spiro atoms. The molecule has 2 atom stereocenters. The van der Waals surface area contributed by atoms with Crippen molar-refractivity contribution < 1.29 is 9.59 Å². The van der Waals surface area contributed by atoms with Gasteiger partial charge in [-0.1, -0.05) is 37.3 Å². The summed E-state index contributed by atoms with van der Waals surface area (Å²) in [5.41, 5.74) is 6.01. The molecule has 1 fully saturated rings. The fraction of sp³-hybridized carbons (Fsp3) is 0.364. The average molecular weight is 350 g/mol. The van der Waals surface area contributed by atoms with E-state index in [-0.39, 0.29) is 23.7 Å². The van der Waals surface area contributed by atoms with Crippen molar-refractivity contribution in [2.45, 2.75) is 40.5 Å². The standard InChI is InChI=1S/C22H26N2O2/c1-5-16-8-6-7-15(4)20(16)24-22(26)18-12-17(18)21(25)23-19-11-13(2)9-10-14(19)3/h6-11,17-18H,5,12H2,1-4H3,(H,23,25)(H,24,26). The molecule has 0 aromatic heterocycles. The Balaban J connectivity index is 1.64. The van der Waals surface area contributed by atoms with Crippen molar-refractivity contribution in [1.29, 1.82) is 0 Å². The maximum atomic E-state index is 12.6. The molecule has 1 aliphatic carbocycles. The summed E-state index contributed by atoms with van der Waals surface area (Å²) in [5, 5.41) is 6.02. The third-order valence-corrected chi connectivity index (χ3v) is 5.10. The molecule has 0 bridgehead atoms. The maximum Gasteiger partial charge on any atom is 0.228 e. The zero-order chi connectivity index (χ0) is 18.8. The first-order valence-corrected chi connectivity index (χ1v) is 9.18. The molecule has 0 saturated heterocycles. The van der Waals surface area contributed by atoms with Gasteiger partial charge in [-0.2, -0.15) is 0 Å². The molecular formula is C22H26N2O2. The van der Waals surface area contributed by atoms with Crippen LogP contribution in [0.3, 0.4) is 0 Å². The SMILES string of the molecule is CCc1cccc(C)c1NC(=O)C1CC1C(=O)Nc1cc(C)ccc1C. The van der Waals surface area contributed by atoms with Gasteiger partial charge in [0.25, 0.3) is 0 Å². The van der Waals surface area contributed by atoms with Gasteiger partial charge >= 0.3 is 0 Å². The highest BCUT2D eigenvalue weighted by molar-refractivity contribution is 6.04. The van der Waals surface area contributed by atoms with Crippen LogP contribution in [0.4, 0.5) is 11.4 Å². The van der Waals surface area contributed by atoms with Crippen molar-refractivity contribution in [2.75, 3.05) is 10.6 Å². The monoisotopic (exact) mass is 350 g/mol. The van der Waals surface area contributed by atoms with Crippen LogP contribution in [0.1, 0.15) is 35.6 Å². The summed E-state index contributed by atoms with van der Waals surface area (Å²) in [5.74, 6) is -0.622. The normalized spacial score (nSPS) is 18.3. The highest BCUT2D eigenvalue weighted by Crippen LogP contribution is 2.41. The van der Waals surface area contributed by atoms with Crippen molar-refractivity contribution in [2.24, 2.45) is 11.8 Å². The molecule has 4 heteroatoms. The van der Waals surface area contributed by atoms with Crippen LogP contribution < -0.4 is 10.6 Å². The Hall–Kier alpha value is -2.62. The minimum atomic E-state index is -0.246. The molecule has 2 N–H and O–H groups in total. The lowest BCUT2D eigenvalue weighted by atomic mass is 10.1. The molecular weight excluding hydrogens is 324 g/mol. The van der Waals surface area contributed by atoms with Gasteiger partial charge in [-0.3, -0.25) is 9.59 Å². The quantitative estimate of drug-likeness (QED) is 0.840. The number of hydrogen-bond acceptors (Lipinski definition) is 2. The number of rotatable bonds is 5. The second-order valence-corrected chi connectivity index (χ2v) is 7.21. The van der Waals surface area contributed by atoms with E-state index in [0.29, 0.717) is 6.42 Å². The number of hydrogen-bond donors (Lipinski definition) is 2. The van der Waals surface area contributed by atoms with Crippen LogP contribution in [-0.4, -0.2) is 11.8 Å². The summed E-state index contributed by atoms with van der Waals surface area (Å²) in [4.78, 5) is 25.1. The van der Waals surface area contributed by atoms with Crippen LogP contribution in [0.5, 0.6) is 0 Å². The van der Waals surface area contributed by atoms with Gasteiger partial charge in [-0.05, 0) is 61.9 Å². The summed E-state index contributed by atoms with van der Waals surface area (Å²) in [6, 6.07) is 12.0. The summed E-state index contributed by atoms with van der Waals surface area (Å²) in [7, 11) is 0. The highest BCUT2D eigenvalue weighted by Gasteiger charge is 2.48. The molecule has 2 unspecified atom stereocenters. The Morgan fingerprint density at radius 3 is 2.35 bits per heavy atom. The second-order valence-electron chi connectivity index (χ2n) is 7.21. The summed E-state index contributed by atoms with van der Waals surface area (Å²) in [6.45, 7) is 8.03. The van der Waals surface area contributed by atoms with Crippen LogP contribution in [0.15, 0.2) is 36.4 Å². The van der Waals surface area contributed by atoms with Crippen LogP contribution in [0.25, 0.3) is 0 Å². The van der Waals surface area contributed by atoms with Gasteiger partial charge in [-0.15, -0.1) is 0 Å². The van der Waals surface area contributed by atoms with Gasteiger partial charge in [0, 0.05) is 11.4 Å². The predicted molar refractivity (Wildman–Crippen MR) is 105 cm³/mol. The van der Waals surface area contributed by atoms with Crippen LogP contribution in [0.2, 0.25) is 0 Å². The number of para-hydroxylation sites is 1. The van der Waals surface area contributed by atoms with E-state index in [1.165, 1.54) is 0 Å². The Kier molecular flexibility index (Phi) is 5.12. The van der Waals surface area contributed by atoms with E-state index >= 15 is 0 Å². The first-order valence-electron chi connectivity index (χ1n) is 9.18. The summed E-state index contributed by atoms with van der Waals surface area (Å²) >= 11 is 0. The molecule has 4 nitrogen and oxygen atoms in total. The maximum absolute atomic E-state index is 12.6. The number of carbonyl (C=O) groups excluding carboxylic acids is 2. The van der Waals surface area contributed by atoms with Gasteiger partial charge in [0.05, 0.1) is 11.8 Å².